The quantitative estimate of drug-likeness (QED) is 0.864. The van der Waals surface area contributed by atoms with Crippen molar-refractivity contribution in [3.05, 3.63) is 52.8 Å². The Bertz CT molecular complexity index is 648. The molecule has 1 aliphatic heterocycles. The van der Waals surface area contributed by atoms with Gasteiger partial charge in [-0.15, -0.1) is 6.58 Å². The molecule has 0 bridgehead atoms. The maximum absolute atomic E-state index is 12.8. The van der Waals surface area contributed by atoms with Gasteiger partial charge >= 0.3 is 0 Å². The van der Waals surface area contributed by atoms with Crippen LogP contribution in [0.2, 0.25) is 0 Å². The highest BCUT2D eigenvalue weighted by Crippen LogP contribution is 2.40. The fourth-order valence-corrected chi connectivity index (χ4v) is 3.01. The van der Waals surface area contributed by atoms with Crippen LogP contribution in [-0.2, 0) is 9.63 Å². The van der Waals surface area contributed by atoms with Crippen LogP contribution in [0.1, 0.15) is 36.1 Å². The Morgan fingerprint density at radius 2 is 1.82 bits per heavy atom. The van der Waals surface area contributed by atoms with Crippen LogP contribution in [0.3, 0.4) is 0 Å². The van der Waals surface area contributed by atoms with Gasteiger partial charge in [0.05, 0.1) is 12.2 Å². The van der Waals surface area contributed by atoms with Gasteiger partial charge in [0.25, 0.3) is 5.91 Å². The van der Waals surface area contributed by atoms with E-state index in [0.29, 0.717) is 5.57 Å². The second kappa shape index (κ2) is 5.61. The van der Waals surface area contributed by atoms with Crippen molar-refractivity contribution in [1.82, 2.24) is 5.06 Å². The van der Waals surface area contributed by atoms with Gasteiger partial charge in [0, 0.05) is 0 Å². The minimum absolute atomic E-state index is 0.0385. The maximum Gasteiger partial charge on any atom is 0.282 e. The zero-order valence-corrected chi connectivity index (χ0v) is 13.9. The van der Waals surface area contributed by atoms with Gasteiger partial charge in [-0.05, 0) is 51.3 Å². The normalized spacial score (nSPS) is 17.3. The smallest absolute Gasteiger partial charge is 0.282 e. The SMILES string of the molecule is C=CCON1C(=O)C(c2c(C)cc(C)cc2C)=C(O)C1(C)C. The van der Waals surface area contributed by atoms with Crippen molar-refractivity contribution in [3.8, 4) is 0 Å². The molecule has 0 fully saturated rings. The van der Waals surface area contributed by atoms with Crippen LogP contribution >= 0.6 is 0 Å². The molecule has 1 heterocycles. The molecule has 0 aliphatic carbocycles. The van der Waals surface area contributed by atoms with Gasteiger partial charge in [0.2, 0.25) is 0 Å². The van der Waals surface area contributed by atoms with Crippen LogP contribution in [0.25, 0.3) is 5.57 Å². The lowest BCUT2D eigenvalue weighted by Gasteiger charge is -2.30. The molecule has 0 radical (unpaired) electrons. The molecule has 4 heteroatoms. The topological polar surface area (TPSA) is 49.8 Å². The summed E-state index contributed by atoms with van der Waals surface area (Å²) in [7, 11) is 0. The summed E-state index contributed by atoms with van der Waals surface area (Å²) in [5.74, 6) is -0.281. The molecule has 0 unspecified atom stereocenters. The van der Waals surface area contributed by atoms with Crippen molar-refractivity contribution in [3.63, 3.8) is 0 Å². The highest BCUT2D eigenvalue weighted by Gasteiger charge is 2.48. The third kappa shape index (κ3) is 2.44. The lowest BCUT2D eigenvalue weighted by Crippen LogP contribution is -2.43. The average molecular weight is 301 g/mol. The summed E-state index contributed by atoms with van der Waals surface area (Å²) in [6.07, 6.45) is 1.57. The van der Waals surface area contributed by atoms with Crippen LogP contribution < -0.4 is 0 Å². The molecular weight excluding hydrogens is 278 g/mol. The number of nitrogens with zero attached hydrogens (tertiary/aromatic N) is 1. The van der Waals surface area contributed by atoms with E-state index in [-0.39, 0.29) is 18.3 Å². The third-order valence-corrected chi connectivity index (χ3v) is 3.97. The minimum Gasteiger partial charge on any atom is -0.509 e. The van der Waals surface area contributed by atoms with Crippen molar-refractivity contribution >= 4 is 11.5 Å². The van der Waals surface area contributed by atoms with Gasteiger partial charge in [0.1, 0.15) is 11.3 Å². The monoisotopic (exact) mass is 301 g/mol. The van der Waals surface area contributed by atoms with Crippen LogP contribution in [0.5, 0.6) is 0 Å². The summed E-state index contributed by atoms with van der Waals surface area (Å²) in [4.78, 5) is 18.2. The van der Waals surface area contributed by atoms with Crippen LogP contribution in [0.15, 0.2) is 30.5 Å². The zero-order chi connectivity index (χ0) is 16.7. The van der Waals surface area contributed by atoms with Crippen molar-refractivity contribution in [1.29, 1.82) is 0 Å². The number of aliphatic hydroxyl groups excluding tert-OH is 1. The standard InChI is InChI=1S/C18H23NO3/c1-7-8-22-19-17(21)15(16(20)18(19,5)6)14-12(3)9-11(2)10-13(14)4/h7,9-10,20H,1,8H2,2-6H3. The lowest BCUT2D eigenvalue weighted by molar-refractivity contribution is -0.197. The van der Waals surface area contributed by atoms with E-state index >= 15 is 0 Å². The van der Waals surface area contributed by atoms with Gasteiger partial charge in [-0.3, -0.25) is 9.63 Å². The van der Waals surface area contributed by atoms with Gasteiger partial charge < -0.3 is 5.11 Å². The fourth-order valence-electron chi connectivity index (χ4n) is 3.01. The third-order valence-electron chi connectivity index (χ3n) is 3.97. The molecule has 118 valence electrons. The van der Waals surface area contributed by atoms with Crippen molar-refractivity contribution in [2.24, 2.45) is 0 Å². The number of benzene rings is 1. The van der Waals surface area contributed by atoms with E-state index < -0.39 is 5.54 Å². The number of rotatable bonds is 4. The number of aryl methyl sites for hydroxylation is 3. The minimum atomic E-state index is -0.904. The molecule has 0 spiro atoms. The van der Waals surface area contributed by atoms with Crippen LogP contribution in [0, 0.1) is 20.8 Å². The van der Waals surface area contributed by atoms with E-state index in [4.69, 9.17) is 4.84 Å². The number of hydroxylamine groups is 2. The Kier molecular flexibility index (Phi) is 4.16. The Hall–Kier alpha value is -2.07. The van der Waals surface area contributed by atoms with Crippen molar-refractivity contribution < 1.29 is 14.7 Å². The second-order valence-corrected chi connectivity index (χ2v) is 6.24. The first-order valence-corrected chi connectivity index (χ1v) is 7.32. The fraction of sp³-hybridized carbons (Fsp3) is 0.389. The molecule has 1 amide bonds. The molecule has 1 aromatic carbocycles. The Morgan fingerprint density at radius 3 is 2.32 bits per heavy atom. The van der Waals surface area contributed by atoms with Gasteiger partial charge in [-0.2, -0.15) is 0 Å². The molecule has 0 atom stereocenters. The maximum atomic E-state index is 12.8. The van der Waals surface area contributed by atoms with Gasteiger partial charge in [0.15, 0.2) is 0 Å². The average Bonchev–Trinajstić information content (AvgIpc) is 2.56. The first-order chi connectivity index (χ1) is 10.2. The van der Waals surface area contributed by atoms with E-state index in [0.717, 1.165) is 22.3 Å². The van der Waals surface area contributed by atoms with Gasteiger partial charge in [-0.1, -0.05) is 23.8 Å². The van der Waals surface area contributed by atoms with Gasteiger partial charge in [-0.25, -0.2) is 5.06 Å². The molecule has 1 aromatic rings. The molecule has 1 N–H and O–H groups in total. The molecule has 0 saturated heterocycles. The Balaban J connectivity index is 2.58. The van der Waals surface area contributed by atoms with E-state index in [2.05, 4.69) is 6.58 Å². The molecule has 1 aliphatic rings. The van der Waals surface area contributed by atoms with Crippen molar-refractivity contribution in [2.75, 3.05) is 6.61 Å². The summed E-state index contributed by atoms with van der Waals surface area (Å²) in [5, 5.41) is 11.9. The van der Waals surface area contributed by atoms with Crippen LogP contribution in [0.4, 0.5) is 0 Å². The van der Waals surface area contributed by atoms with E-state index in [9.17, 15) is 9.90 Å². The van der Waals surface area contributed by atoms with Crippen LogP contribution in [-0.4, -0.2) is 28.2 Å². The molecule has 2 rings (SSSR count). The van der Waals surface area contributed by atoms with E-state index in [1.54, 1.807) is 19.9 Å². The second-order valence-electron chi connectivity index (χ2n) is 6.24. The summed E-state index contributed by atoms with van der Waals surface area (Å²) in [6.45, 7) is 13.2. The number of aliphatic hydroxyl groups is 1. The zero-order valence-electron chi connectivity index (χ0n) is 13.9. The number of carbonyl (C=O) groups is 1. The summed E-state index contributed by atoms with van der Waals surface area (Å²) >= 11 is 0. The van der Waals surface area contributed by atoms with E-state index in [1.807, 2.05) is 32.9 Å². The predicted octanol–water partition coefficient (Wildman–Crippen LogP) is 3.62. The number of hydrogen-bond donors (Lipinski definition) is 1. The predicted molar refractivity (Wildman–Crippen MR) is 87.3 cm³/mol. The summed E-state index contributed by atoms with van der Waals surface area (Å²) in [5.41, 5.74) is 3.26. The highest BCUT2D eigenvalue weighted by atomic mass is 16.7. The summed E-state index contributed by atoms with van der Waals surface area (Å²) < 4.78 is 0. The molecule has 22 heavy (non-hydrogen) atoms. The lowest BCUT2D eigenvalue weighted by atomic mass is 9.91. The Labute approximate surface area is 131 Å². The number of amides is 1. The first-order valence-electron chi connectivity index (χ1n) is 7.32. The molecular formula is C18H23NO3. The van der Waals surface area contributed by atoms with Crippen molar-refractivity contribution in [2.45, 2.75) is 40.2 Å². The summed E-state index contributed by atoms with van der Waals surface area (Å²) in [6, 6.07) is 4.02. The first kappa shape index (κ1) is 16.3. The number of carbonyl (C=O) groups excluding carboxylic acids is 1. The molecule has 4 nitrogen and oxygen atoms in total. The molecule has 0 saturated carbocycles. The number of hydrogen-bond acceptors (Lipinski definition) is 3. The largest absolute Gasteiger partial charge is 0.509 e. The Morgan fingerprint density at radius 1 is 1.27 bits per heavy atom. The molecule has 0 aromatic heterocycles. The highest BCUT2D eigenvalue weighted by molar-refractivity contribution is 6.23. The van der Waals surface area contributed by atoms with E-state index in [1.165, 1.54) is 5.06 Å².